The Balaban J connectivity index is 0.00000161. The van der Waals surface area contributed by atoms with Crippen molar-refractivity contribution in [2.45, 2.75) is 23.8 Å². The molecule has 1 aromatic carbocycles. The van der Waals surface area contributed by atoms with Gasteiger partial charge in [0.1, 0.15) is 10.7 Å². The molecule has 4 nitrogen and oxygen atoms in total. The molecule has 1 saturated carbocycles. The molecule has 1 aromatic rings. The third-order valence-electron chi connectivity index (χ3n) is 4.39. The molecule has 8 heteroatoms. The fourth-order valence-corrected chi connectivity index (χ4v) is 5.33. The number of fused-ring (bicyclic) bond motifs is 1. The Hall–Kier alpha value is -0.400. The monoisotopic (exact) mass is 354 g/mol. The molecule has 1 aliphatic heterocycles. The number of benzene rings is 1. The summed E-state index contributed by atoms with van der Waals surface area (Å²) >= 11 is 5.87. The summed E-state index contributed by atoms with van der Waals surface area (Å²) in [6.07, 6.45) is 1.93. The van der Waals surface area contributed by atoms with Gasteiger partial charge in [-0.2, -0.15) is 4.31 Å². The molecule has 118 valence electrons. The van der Waals surface area contributed by atoms with Crippen molar-refractivity contribution >= 4 is 34.0 Å². The number of hydrogen-bond acceptors (Lipinski definition) is 3. The minimum absolute atomic E-state index is 0. The van der Waals surface area contributed by atoms with Gasteiger partial charge < -0.3 is 5.73 Å². The first kappa shape index (κ1) is 17.0. The Morgan fingerprint density at radius 3 is 2.62 bits per heavy atom. The van der Waals surface area contributed by atoms with E-state index in [0.717, 1.165) is 25.0 Å². The van der Waals surface area contributed by atoms with Crippen molar-refractivity contribution in [1.29, 1.82) is 0 Å². The van der Waals surface area contributed by atoms with Gasteiger partial charge in [-0.3, -0.25) is 0 Å². The first-order chi connectivity index (χ1) is 9.39. The van der Waals surface area contributed by atoms with Crippen molar-refractivity contribution in [3.05, 3.63) is 29.0 Å². The molecule has 2 N–H and O–H groups in total. The molecule has 1 heterocycles. The normalized spacial score (nSPS) is 29.2. The zero-order valence-electron chi connectivity index (χ0n) is 11.2. The number of sulfonamides is 1. The smallest absolute Gasteiger partial charge is 0.244 e. The van der Waals surface area contributed by atoms with Gasteiger partial charge in [0.25, 0.3) is 0 Å². The van der Waals surface area contributed by atoms with Crippen LogP contribution in [0.15, 0.2) is 23.1 Å². The van der Waals surface area contributed by atoms with E-state index < -0.39 is 15.8 Å². The van der Waals surface area contributed by atoms with Crippen LogP contribution in [-0.2, 0) is 10.0 Å². The Labute approximate surface area is 134 Å². The van der Waals surface area contributed by atoms with Crippen molar-refractivity contribution in [3.63, 3.8) is 0 Å². The summed E-state index contributed by atoms with van der Waals surface area (Å²) in [4.78, 5) is -0.0332. The summed E-state index contributed by atoms with van der Waals surface area (Å²) in [5.74, 6) is 0.0114. The lowest BCUT2D eigenvalue weighted by molar-refractivity contribution is 0.427. The van der Waals surface area contributed by atoms with E-state index in [1.165, 1.54) is 10.4 Å². The van der Waals surface area contributed by atoms with Gasteiger partial charge in [-0.05, 0) is 42.9 Å². The van der Waals surface area contributed by atoms with Crippen LogP contribution >= 0.6 is 24.0 Å². The van der Waals surface area contributed by atoms with Gasteiger partial charge in [0.05, 0.1) is 5.02 Å². The molecule has 3 unspecified atom stereocenters. The van der Waals surface area contributed by atoms with E-state index in [-0.39, 0.29) is 34.3 Å². The van der Waals surface area contributed by atoms with E-state index in [2.05, 4.69) is 0 Å². The van der Waals surface area contributed by atoms with Gasteiger partial charge in [0.2, 0.25) is 10.0 Å². The average Bonchev–Trinajstić information content (AvgIpc) is 2.92. The van der Waals surface area contributed by atoms with Crippen molar-refractivity contribution < 1.29 is 12.8 Å². The van der Waals surface area contributed by atoms with Crippen LogP contribution in [0.25, 0.3) is 0 Å². The third kappa shape index (κ3) is 2.92. The van der Waals surface area contributed by atoms with Crippen LogP contribution in [0.2, 0.25) is 5.02 Å². The number of nitrogens with two attached hydrogens (primary N) is 1. The van der Waals surface area contributed by atoms with Crippen LogP contribution < -0.4 is 5.73 Å². The maximum absolute atomic E-state index is 13.0. The van der Waals surface area contributed by atoms with Gasteiger partial charge in [0, 0.05) is 19.1 Å². The quantitative estimate of drug-likeness (QED) is 0.885. The molecule has 0 bridgehead atoms. The summed E-state index contributed by atoms with van der Waals surface area (Å²) in [7, 11) is -3.67. The summed E-state index contributed by atoms with van der Waals surface area (Å²) in [5.41, 5.74) is 6.02. The molecule has 2 fully saturated rings. The van der Waals surface area contributed by atoms with E-state index in [0.29, 0.717) is 19.0 Å². The molecule has 21 heavy (non-hydrogen) atoms. The standard InChI is InChI=1S/C13H16ClFN2O2S.ClH/c14-11-5-9(15)2-4-13(11)20(18,19)17-6-8-1-3-12(16)10(8)7-17;/h2,4-5,8,10,12H,1,3,6-7,16H2;1H. The number of rotatable bonds is 2. The molecule has 0 spiro atoms. The van der Waals surface area contributed by atoms with Crippen molar-refractivity contribution in [2.24, 2.45) is 17.6 Å². The summed E-state index contributed by atoms with van der Waals surface area (Å²) in [6.45, 7) is 0.913. The minimum Gasteiger partial charge on any atom is -0.327 e. The molecule has 3 rings (SSSR count). The second kappa shape index (κ2) is 6.01. The average molecular weight is 355 g/mol. The van der Waals surface area contributed by atoms with Crippen molar-refractivity contribution in [1.82, 2.24) is 4.31 Å². The minimum atomic E-state index is -3.67. The zero-order chi connectivity index (χ0) is 14.5. The molecule has 3 atom stereocenters. The summed E-state index contributed by atoms with van der Waals surface area (Å²) < 4.78 is 39.6. The first-order valence-corrected chi connectivity index (χ1v) is 8.42. The lowest BCUT2D eigenvalue weighted by Crippen LogP contribution is -2.33. The zero-order valence-corrected chi connectivity index (χ0v) is 13.6. The molecule has 1 saturated heterocycles. The van der Waals surface area contributed by atoms with Crippen LogP contribution in [0.3, 0.4) is 0 Å². The van der Waals surface area contributed by atoms with Crippen LogP contribution in [0, 0.1) is 17.7 Å². The van der Waals surface area contributed by atoms with Crippen LogP contribution in [0.5, 0.6) is 0 Å². The van der Waals surface area contributed by atoms with Gasteiger partial charge in [0.15, 0.2) is 0 Å². The molecular formula is C13H17Cl2FN2O2S. The Morgan fingerprint density at radius 1 is 1.29 bits per heavy atom. The van der Waals surface area contributed by atoms with E-state index in [1.54, 1.807) is 0 Å². The van der Waals surface area contributed by atoms with Crippen LogP contribution in [-0.4, -0.2) is 31.9 Å². The molecule has 0 radical (unpaired) electrons. The Kier molecular flexibility index (Phi) is 4.85. The second-order valence-corrected chi connectivity index (χ2v) is 7.88. The van der Waals surface area contributed by atoms with Crippen molar-refractivity contribution in [2.75, 3.05) is 13.1 Å². The molecule has 0 aromatic heterocycles. The fraction of sp³-hybridized carbons (Fsp3) is 0.538. The van der Waals surface area contributed by atoms with Crippen LogP contribution in [0.4, 0.5) is 4.39 Å². The molecule has 1 aliphatic carbocycles. The predicted molar refractivity (Wildman–Crippen MR) is 81.6 cm³/mol. The largest absolute Gasteiger partial charge is 0.327 e. The lowest BCUT2D eigenvalue weighted by Gasteiger charge is -2.19. The highest BCUT2D eigenvalue weighted by Gasteiger charge is 2.45. The number of halogens is 3. The molecular weight excluding hydrogens is 338 g/mol. The van der Waals surface area contributed by atoms with E-state index in [1.807, 2.05) is 0 Å². The highest BCUT2D eigenvalue weighted by atomic mass is 35.5. The van der Waals surface area contributed by atoms with Gasteiger partial charge in [-0.15, -0.1) is 12.4 Å². The lowest BCUT2D eigenvalue weighted by atomic mass is 9.98. The SMILES string of the molecule is Cl.NC1CCC2CN(S(=O)(=O)c3ccc(F)cc3Cl)CC12. The van der Waals surface area contributed by atoms with Crippen LogP contribution in [0.1, 0.15) is 12.8 Å². The van der Waals surface area contributed by atoms with Gasteiger partial charge in [-0.25, -0.2) is 12.8 Å². The molecule has 2 aliphatic rings. The topological polar surface area (TPSA) is 63.4 Å². The summed E-state index contributed by atoms with van der Waals surface area (Å²) in [6, 6.07) is 3.43. The van der Waals surface area contributed by atoms with E-state index in [4.69, 9.17) is 17.3 Å². The fourth-order valence-electron chi connectivity index (χ4n) is 3.29. The highest BCUT2D eigenvalue weighted by molar-refractivity contribution is 7.89. The van der Waals surface area contributed by atoms with E-state index in [9.17, 15) is 12.8 Å². The molecule has 0 amide bonds. The number of nitrogens with zero attached hydrogens (tertiary/aromatic N) is 1. The van der Waals surface area contributed by atoms with Gasteiger partial charge >= 0.3 is 0 Å². The second-order valence-electron chi connectivity index (χ2n) is 5.56. The maximum Gasteiger partial charge on any atom is 0.244 e. The summed E-state index contributed by atoms with van der Waals surface area (Å²) in [5, 5.41) is -0.0774. The number of hydrogen-bond donors (Lipinski definition) is 1. The first-order valence-electron chi connectivity index (χ1n) is 6.60. The Bertz CT molecular complexity index is 641. The third-order valence-corrected chi connectivity index (χ3v) is 6.71. The van der Waals surface area contributed by atoms with Gasteiger partial charge in [-0.1, -0.05) is 11.6 Å². The predicted octanol–water partition coefficient (Wildman–Crippen LogP) is 2.26. The van der Waals surface area contributed by atoms with Crippen molar-refractivity contribution in [3.8, 4) is 0 Å². The Morgan fingerprint density at radius 2 is 2.00 bits per heavy atom. The highest BCUT2D eigenvalue weighted by Crippen LogP contribution is 2.40. The van der Waals surface area contributed by atoms with E-state index >= 15 is 0 Å². The maximum atomic E-state index is 13.0.